The number of sulfone groups is 1. The Morgan fingerprint density at radius 2 is 1.37 bits per heavy atom. The Morgan fingerprint density at radius 1 is 0.808 bits per heavy atom. The van der Waals surface area contributed by atoms with Crippen molar-refractivity contribution in [2.45, 2.75) is 53.5 Å². The number of carbonyl (C=O) groups excluding carboxylic acids is 2. The smallest absolute Gasteiger partial charge is 0.387 e. The maximum Gasteiger partial charge on any atom is 0.430 e. The van der Waals surface area contributed by atoms with Gasteiger partial charge in [0.25, 0.3) is 5.60 Å². The molecule has 0 aromatic heterocycles. The van der Waals surface area contributed by atoms with E-state index < -0.39 is 104 Å². The molecular weight excluding hydrogens is 735 g/mol. The van der Waals surface area contributed by atoms with Crippen molar-refractivity contribution in [1.29, 1.82) is 0 Å². The Morgan fingerprint density at radius 3 is 1.88 bits per heavy atom. The molecule has 2 fully saturated rings. The van der Waals surface area contributed by atoms with Crippen LogP contribution in [0.2, 0.25) is 0 Å². The number of benzene rings is 3. The van der Waals surface area contributed by atoms with Gasteiger partial charge in [-0.25, -0.2) is 21.6 Å². The molecule has 1 unspecified atom stereocenters. The Kier molecular flexibility index (Phi) is 10.8. The van der Waals surface area contributed by atoms with Crippen LogP contribution < -0.4 is 0 Å². The maximum absolute atomic E-state index is 14.5. The van der Waals surface area contributed by atoms with Crippen LogP contribution in [0, 0.1) is 23.4 Å². The lowest BCUT2D eigenvalue weighted by Gasteiger charge is -2.38. The van der Waals surface area contributed by atoms with Crippen LogP contribution in [0.4, 0.5) is 39.5 Å². The molecule has 0 spiro atoms. The van der Waals surface area contributed by atoms with E-state index in [1.165, 1.54) is 9.80 Å². The molecule has 2 aliphatic heterocycles. The standard InChI is InChI=1S/C34H31F9N2O6S/c35-24-8-10-25(11-9-24)52(49,50)31(14-17-45(20-31)30(48)21-12-15-44(16-13-21)29(47)18-46)22-4-6-23(7-5-22)32(33(38,39)40,34(41,42)43)51-19-26-27(36)2-1-3-28(26)37/h1-11,21,46H,12-20H2. The first-order chi connectivity index (χ1) is 24.3. The summed E-state index contributed by atoms with van der Waals surface area (Å²) in [6.07, 6.45) is -12.5. The topological polar surface area (TPSA) is 104 Å². The summed E-state index contributed by atoms with van der Waals surface area (Å²) in [7, 11) is -4.65. The maximum atomic E-state index is 14.5. The summed E-state index contributed by atoms with van der Waals surface area (Å²) in [5.74, 6) is -5.39. The molecule has 0 aliphatic carbocycles. The van der Waals surface area contributed by atoms with Crippen molar-refractivity contribution < 1.29 is 67.4 Å². The minimum atomic E-state index is -6.25. The number of carbonyl (C=O) groups is 2. The van der Waals surface area contributed by atoms with Gasteiger partial charge in [0.1, 0.15) is 28.8 Å². The highest BCUT2D eigenvalue weighted by Crippen LogP contribution is 2.54. The fourth-order valence-corrected chi connectivity index (χ4v) is 8.83. The van der Waals surface area contributed by atoms with Gasteiger partial charge in [-0.1, -0.05) is 30.3 Å². The van der Waals surface area contributed by atoms with Gasteiger partial charge in [0.15, 0.2) is 9.84 Å². The molecule has 282 valence electrons. The lowest BCUT2D eigenvalue weighted by molar-refractivity contribution is -0.392. The van der Waals surface area contributed by atoms with Crippen molar-refractivity contribution in [2.75, 3.05) is 32.8 Å². The van der Waals surface area contributed by atoms with Crippen LogP contribution >= 0.6 is 0 Å². The average molecular weight is 767 g/mol. The fourth-order valence-electron chi connectivity index (χ4n) is 6.75. The lowest BCUT2D eigenvalue weighted by atomic mass is 9.88. The minimum Gasteiger partial charge on any atom is -0.387 e. The summed E-state index contributed by atoms with van der Waals surface area (Å²) < 4.78 is 160. The van der Waals surface area contributed by atoms with Crippen molar-refractivity contribution >= 4 is 21.7 Å². The molecule has 18 heteroatoms. The van der Waals surface area contributed by atoms with Gasteiger partial charge >= 0.3 is 12.4 Å². The summed E-state index contributed by atoms with van der Waals surface area (Å²) in [6, 6.07) is 7.83. The van der Waals surface area contributed by atoms with Gasteiger partial charge in [-0.2, -0.15) is 26.3 Å². The van der Waals surface area contributed by atoms with E-state index in [9.17, 15) is 57.5 Å². The molecule has 0 bridgehead atoms. The van der Waals surface area contributed by atoms with Crippen LogP contribution in [0.5, 0.6) is 0 Å². The second kappa shape index (κ2) is 14.3. The van der Waals surface area contributed by atoms with E-state index in [2.05, 4.69) is 4.74 Å². The Hall–Kier alpha value is -4.16. The van der Waals surface area contributed by atoms with Crippen LogP contribution in [-0.2, 0) is 41.1 Å². The third-order valence-corrected chi connectivity index (χ3v) is 12.1. The van der Waals surface area contributed by atoms with Gasteiger partial charge in [0, 0.05) is 43.2 Å². The number of aliphatic hydroxyl groups is 1. The average Bonchev–Trinajstić information content (AvgIpc) is 3.56. The van der Waals surface area contributed by atoms with Gasteiger partial charge in [0.05, 0.1) is 11.5 Å². The van der Waals surface area contributed by atoms with Crippen LogP contribution in [0.3, 0.4) is 0 Å². The van der Waals surface area contributed by atoms with Gasteiger partial charge in [-0.15, -0.1) is 0 Å². The SMILES string of the molecule is O=C(CO)N1CCC(C(=O)N2CCC(c3ccc(C(OCc4c(F)cccc4F)(C(F)(F)F)C(F)(F)F)cc3)(S(=O)(=O)c3ccc(F)cc3)C2)CC1. The summed E-state index contributed by atoms with van der Waals surface area (Å²) in [6.45, 7) is -3.01. The number of amides is 2. The second-order valence-electron chi connectivity index (χ2n) is 12.5. The van der Waals surface area contributed by atoms with Crippen molar-refractivity contribution in [3.8, 4) is 0 Å². The van der Waals surface area contributed by atoms with E-state index in [4.69, 9.17) is 5.11 Å². The van der Waals surface area contributed by atoms with E-state index in [0.717, 1.165) is 42.5 Å². The van der Waals surface area contributed by atoms with Gasteiger partial charge in [0.2, 0.25) is 11.8 Å². The monoisotopic (exact) mass is 766 g/mol. The first kappa shape index (κ1) is 39.1. The third kappa shape index (κ3) is 6.87. The molecule has 2 saturated heterocycles. The van der Waals surface area contributed by atoms with Gasteiger partial charge in [-0.05, 0) is 61.2 Å². The predicted molar refractivity (Wildman–Crippen MR) is 164 cm³/mol. The molecule has 1 atom stereocenters. The summed E-state index contributed by atoms with van der Waals surface area (Å²) >= 11 is 0. The van der Waals surface area contributed by atoms with Crippen molar-refractivity contribution in [2.24, 2.45) is 5.92 Å². The molecular formula is C34H31F9N2O6S. The molecule has 1 N–H and O–H groups in total. The first-order valence-corrected chi connectivity index (χ1v) is 17.3. The number of hydrogen-bond acceptors (Lipinski definition) is 6. The molecule has 3 aromatic rings. The summed E-state index contributed by atoms with van der Waals surface area (Å²) in [5.41, 5.74) is -8.18. The summed E-state index contributed by atoms with van der Waals surface area (Å²) in [5, 5.41) is 9.13. The number of piperidine rings is 1. The van der Waals surface area contributed by atoms with Crippen molar-refractivity contribution in [3.63, 3.8) is 0 Å². The minimum absolute atomic E-state index is 0.135. The highest BCUT2D eigenvalue weighted by atomic mass is 32.2. The van der Waals surface area contributed by atoms with Crippen LogP contribution in [-0.4, -0.2) is 80.3 Å². The van der Waals surface area contributed by atoms with E-state index in [1.807, 2.05) is 0 Å². The van der Waals surface area contributed by atoms with E-state index >= 15 is 0 Å². The molecule has 2 amide bonds. The van der Waals surface area contributed by atoms with E-state index in [1.54, 1.807) is 0 Å². The summed E-state index contributed by atoms with van der Waals surface area (Å²) in [4.78, 5) is 27.6. The third-order valence-electron chi connectivity index (χ3n) is 9.62. The quantitative estimate of drug-likeness (QED) is 0.219. The second-order valence-corrected chi connectivity index (χ2v) is 14.8. The number of rotatable bonds is 9. The van der Waals surface area contributed by atoms with Crippen LogP contribution in [0.25, 0.3) is 0 Å². The number of likely N-dealkylation sites (tertiary alicyclic amines) is 2. The van der Waals surface area contributed by atoms with E-state index in [0.29, 0.717) is 24.3 Å². The number of ether oxygens (including phenoxy) is 1. The van der Waals surface area contributed by atoms with Gasteiger partial charge < -0.3 is 19.6 Å². The zero-order valence-corrected chi connectivity index (χ0v) is 27.8. The molecule has 0 radical (unpaired) electrons. The van der Waals surface area contributed by atoms with Crippen LogP contribution in [0.1, 0.15) is 36.0 Å². The van der Waals surface area contributed by atoms with Crippen LogP contribution in [0.15, 0.2) is 71.6 Å². The molecule has 2 aliphatic rings. The lowest BCUT2D eigenvalue weighted by Crippen LogP contribution is -2.56. The number of hydrogen-bond donors (Lipinski definition) is 1. The normalized spacial score (nSPS) is 19.3. The highest BCUT2D eigenvalue weighted by Gasteiger charge is 2.73. The molecule has 52 heavy (non-hydrogen) atoms. The predicted octanol–water partition coefficient (Wildman–Crippen LogP) is 5.77. The van der Waals surface area contributed by atoms with Crippen molar-refractivity contribution in [1.82, 2.24) is 9.80 Å². The fraction of sp³-hybridized carbons (Fsp3) is 0.412. The zero-order valence-electron chi connectivity index (χ0n) is 27.0. The molecule has 3 aromatic carbocycles. The molecule has 2 heterocycles. The Balaban J connectivity index is 1.55. The Labute approximate surface area is 291 Å². The first-order valence-electron chi connectivity index (χ1n) is 15.8. The van der Waals surface area contributed by atoms with Gasteiger partial charge in [-0.3, -0.25) is 9.59 Å². The van der Waals surface area contributed by atoms with E-state index in [-0.39, 0.29) is 44.5 Å². The Bertz CT molecular complexity index is 1860. The zero-order chi connectivity index (χ0) is 38.3. The van der Waals surface area contributed by atoms with Crippen molar-refractivity contribution in [3.05, 3.63) is 101 Å². The molecule has 8 nitrogen and oxygen atoms in total. The highest BCUT2D eigenvalue weighted by molar-refractivity contribution is 7.92. The number of nitrogens with zero attached hydrogens (tertiary/aromatic N) is 2. The number of alkyl halides is 6. The molecule has 0 saturated carbocycles. The molecule has 5 rings (SSSR count). The number of aliphatic hydroxyl groups excluding tert-OH is 1. The number of halogens is 9. The largest absolute Gasteiger partial charge is 0.430 e.